The predicted octanol–water partition coefficient (Wildman–Crippen LogP) is 13.2. The zero-order valence-corrected chi connectivity index (χ0v) is 30.6. The van der Waals surface area contributed by atoms with E-state index >= 15 is 0 Å². The van der Waals surface area contributed by atoms with Crippen LogP contribution in [0.3, 0.4) is 0 Å². The van der Waals surface area contributed by atoms with Crippen molar-refractivity contribution in [2.75, 3.05) is 0 Å². The summed E-state index contributed by atoms with van der Waals surface area (Å²) in [5.74, 6) is 0. The molecule has 0 spiro atoms. The van der Waals surface area contributed by atoms with Gasteiger partial charge in [0.25, 0.3) is 0 Å². The SMILES string of the molecule is c1ccc2nc3c4cc(-c5cc(-n6c7ccccc7c7ccccc76)cc(-n6c7ccccc7c7ccccc76)c5)ccc4n4c5ccccc5nc4c3cc2c1. The number of imidazole rings is 1. The van der Waals surface area contributed by atoms with Gasteiger partial charge < -0.3 is 9.13 Å². The summed E-state index contributed by atoms with van der Waals surface area (Å²) in [6, 6.07) is 68.0. The van der Waals surface area contributed by atoms with Crippen LogP contribution in [0.1, 0.15) is 0 Å². The second-order valence-corrected chi connectivity index (χ2v) is 15.0. The Morgan fingerprint density at radius 3 is 1.42 bits per heavy atom. The van der Waals surface area contributed by atoms with Gasteiger partial charge in [-0.05, 0) is 90.0 Å². The highest BCUT2D eigenvalue weighted by Gasteiger charge is 2.20. The third-order valence-corrected chi connectivity index (χ3v) is 11.9. The molecule has 0 aliphatic rings. The lowest BCUT2D eigenvalue weighted by atomic mass is 9.99. The summed E-state index contributed by atoms with van der Waals surface area (Å²) in [6.07, 6.45) is 0. The van der Waals surface area contributed by atoms with Crippen molar-refractivity contribution in [1.29, 1.82) is 0 Å². The van der Waals surface area contributed by atoms with Crippen molar-refractivity contribution in [3.63, 3.8) is 0 Å². The zero-order chi connectivity index (χ0) is 37.2. The molecule has 13 rings (SSSR count). The monoisotopic (exact) mass is 725 g/mol. The van der Waals surface area contributed by atoms with Crippen LogP contribution >= 0.6 is 0 Å². The lowest BCUT2D eigenvalue weighted by Crippen LogP contribution is -2.00. The molecule has 57 heavy (non-hydrogen) atoms. The maximum absolute atomic E-state index is 5.35. The Hall–Kier alpha value is -7.76. The Balaban J connectivity index is 1.16. The fourth-order valence-electron chi connectivity index (χ4n) is 9.46. The smallest absolute Gasteiger partial charge is 0.147 e. The first kappa shape index (κ1) is 30.6. The van der Waals surface area contributed by atoms with Crippen LogP contribution in [0.15, 0.2) is 188 Å². The zero-order valence-electron chi connectivity index (χ0n) is 30.6. The fraction of sp³-hybridized carbons (Fsp3) is 0. The molecule has 0 amide bonds. The lowest BCUT2D eigenvalue weighted by molar-refractivity contribution is 1.13. The number of hydrogen-bond acceptors (Lipinski definition) is 2. The van der Waals surface area contributed by atoms with Gasteiger partial charge in [0.2, 0.25) is 0 Å². The summed E-state index contributed by atoms with van der Waals surface area (Å²) in [5, 5.41) is 8.19. The molecule has 13 aromatic rings. The average molecular weight is 726 g/mol. The highest BCUT2D eigenvalue weighted by molar-refractivity contribution is 6.16. The molecule has 5 heterocycles. The molecule has 0 fully saturated rings. The molecule has 0 bridgehead atoms. The number of fused-ring (bicyclic) bond motifs is 15. The largest absolute Gasteiger partial charge is 0.309 e. The van der Waals surface area contributed by atoms with Crippen molar-refractivity contribution in [3.05, 3.63) is 188 Å². The van der Waals surface area contributed by atoms with E-state index in [1.54, 1.807) is 0 Å². The molecule has 5 heteroatoms. The molecule has 0 atom stereocenters. The van der Waals surface area contributed by atoms with E-state index in [1.165, 1.54) is 43.6 Å². The number of nitrogens with zero attached hydrogens (tertiary/aromatic N) is 5. The summed E-state index contributed by atoms with van der Waals surface area (Å²) in [5.41, 5.74) is 15.2. The normalized spacial score (nSPS) is 12.2. The summed E-state index contributed by atoms with van der Waals surface area (Å²) >= 11 is 0. The van der Waals surface area contributed by atoms with Crippen molar-refractivity contribution in [3.8, 4) is 22.5 Å². The third kappa shape index (κ3) is 4.28. The van der Waals surface area contributed by atoms with Crippen LogP contribution < -0.4 is 0 Å². The van der Waals surface area contributed by atoms with E-state index in [-0.39, 0.29) is 0 Å². The van der Waals surface area contributed by atoms with Crippen molar-refractivity contribution in [1.82, 2.24) is 23.5 Å². The topological polar surface area (TPSA) is 40.0 Å². The molecule has 8 aromatic carbocycles. The van der Waals surface area contributed by atoms with Gasteiger partial charge in [-0.3, -0.25) is 4.40 Å². The predicted molar refractivity (Wildman–Crippen MR) is 237 cm³/mol. The minimum Gasteiger partial charge on any atom is -0.309 e. The third-order valence-electron chi connectivity index (χ3n) is 11.9. The van der Waals surface area contributed by atoms with E-state index in [2.05, 4.69) is 202 Å². The Morgan fingerprint density at radius 2 is 0.825 bits per heavy atom. The molecule has 264 valence electrons. The summed E-state index contributed by atoms with van der Waals surface area (Å²) in [7, 11) is 0. The van der Waals surface area contributed by atoms with E-state index in [9.17, 15) is 0 Å². The highest BCUT2D eigenvalue weighted by Crippen LogP contribution is 2.40. The number of benzene rings is 8. The van der Waals surface area contributed by atoms with Crippen LogP contribution in [-0.4, -0.2) is 23.5 Å². The quantitative estimate of drug-likeness (QED) is 0.134. The summed E-state index contributed by atoms with van der Waals surface area (Å²) in [4.78, 5) is 10.5. The number of pyridine rings is 2. The second-order valence-electron chi connectivity index (χ2n) is 15.0. The maximum atomic E-state index is 5.35. The fourth-order valence-corrected chi connectivity index (χ4v) is 9.46. The average Bonchev–Trinajstić information content (AvgIpc) is 3.94. The van der Waals surface area contributed by atoms with Crippen LogP contribution in [0.5, 0.6) is 0 Å². The Morgan fingerprint density at radius 1 is 0.316 bits per heavy atom. The molecular formula is C52H31N5. The molecule has 0 saturated heterocycles. The van der Waals surface area contributed by atoms with Gasteiger partial charge in [-0.1, -0.05) is 109 Å². The van der Waals surface area contributed by atoms with E-state index in [1.807, 2.05) is 0 Å². The minimum atomic E-state index is 0.923. The molecule has 0 unspecified atom stereocenters. The number of rotatable bonds is 3. The number of aromatic nitrogens is 5. The molecule has 0 aliphatic carbocycles. The van der Waals surface area contributed by atoms with E-state index in [0.717, 1.165) is 71.9 Å². The summed E-state index contributed by atoms with van der Waals surface area (Å²) in [6.45, 7) is 0. The van der Waals surface area contributed by atoms with E-state index in [4.69, 9.17) is 9.97 Å². The van der Waals surface area contributed by atoms with Crippen molar-refractivity contribution >= 4 is 93.0 Å². The molecule has 5 nitrogen and oxygen atoms in total. The van der Waals surface area contributed by atoms with Gasteiger partial charge in [-0.25, -0.2) is 9.97 Å². The molecule has 0 aliphatic heterocycles. The first-order chi connectivity index (χ1) is 28.3. The van der Waals surface area contributed by atoms with Crippen LogP contribution in [0.25, 0.3) is 116 Å². The molecular weight excluding hydrogens is 695 g/mol. The van der Waals surface area contributed by atoms with Crippen LogP contribution in [0.4, 0.5) is 0 Å². The molecule has 5 aromatic heterocycles. The summed E-state index contributed by atoms with van der Waals surface area (Å²) < 4.78 is 7.17. The van der Waals surface area contributed by atoms with Crippen molar-refractivity contribution in [2.24, 2.45) is 0 Å². The van der Waals surface area contributed by atoms with Gasteiger partial charge in [0.15, 0.2) is 0 Å². The van der Waals surface area contributed by atoms with E-state index in [0.29, 0.717) is 0 Å². The van der Waals surface area contributed by atoms with Gasteiger partial charge in [-0.15, -0.1) is 0 Å². The van der Waals surface area contributed by atoms with Crippen LogP contribution in [0.2, 0.25) is 0 Å². The van der Waals surface area contributed by atoms with Gasteiger partial charge in [0.05, 0.1) is 49.7 Å². The number of hydrogen-bond donors (Lipinski definition) is 0. The van der Waals surface area contributed by atoms with Crippen molar-refractivity contribution < 1.29 is 0 Å². The van der Waals surface area contributed by atoms with Crippen LogP contribution in [-0.2, 0) is 0 Å². The highest BCUT2D eigenvalue weighted by atomic mass is 15.0. The Kier molecular flexibility index (Phi) is 6.10. The second kappa shape index (κ2) is 11.4. The molecule has 0 saturated carbocycles. The van der Waals surface area contributed by atoms with Crippen LogP contribution in [0, 0.1) is 0 Å². The van der Waals surface area contributed by atoms with Gasteiger partial charge in [-0.2, -0.15) is 0 Å². The minimum absolute atomic E-state index is 0.923. The lowest BCUT2D eigenvalue weighted by Gasteiger charge is -2.17. The van der Waals surface area contributed by atoms with Gasteiger partial charge in [0, 0.05) is 49.1 Å². The van der Waals surface area contributed by atoms with E-state index < -0.39 is 0 Å². The standard InChI is InChI=1S/C52H31N5/c1-6-18-43-33(13-1)30-42-51(53-43)41-29-32(25-26-49(41)57-50-24-12-7-19-44(50)54-52(42)57)34-27-35(55-45-20-8-2-14-37(45)38-15-3-9-21-46(38)55)31-36(28-34)56-47-22-10-4-16-39(47)40-17-5-11-23-48(40)56/h1-31H. The first-order valence-corrected chi connectivity index (χ1v) is 19.4. The molecule has 0 N–H and O–H groups in total. The van der Waals surface area contributed by atoms with Crippen molar-refractivity contribution in [2.45, 2.75) is 0 Å². The number of para-hydroxylation sites is 7. The molecule has 0 radical (unpaired) electrons. The maximum Gasteiger partial charge on any atom is 0.147 e. The Bertz CT molecular complexity index is 3590. The van der Waals surface area contributed by atoms with Gasteiger partial charge in [0.1, 0.15) is 5.65 Å². The first-order valence-electron chi connectivity index (χ1n) is 19.4. The van der Waals surface area contributed by atoms with Gasteiger partial charge >= 0.3 is 0 Å². The Labute approximate surface area is 325 Å².